The van der Waals surface area contributed by atoms with Gasteiger partial charge in [0.25, 0.3) is 5.56 Å². The maximum Gasteiger partial charge on any atom is 0.279 e. The molecule has 1 fully saturated rings. The highest BCUT2D eigenvalue weighted by molar-refractivity contribution is 9.10. The van der Waals surface area contributed by atoms with Gasteiger partial charge in [0, 0.05) is 11.0 Å². The van der Waals surface area contributed by atoms with Gasteiger partial charge in [-0.05, 0) is 37.3 Å². The first-order valence-electron chi connectivity index (χ1n) is 8.96. The SMILES string of the molecule is Cc1nc2ccc(Br)cc2c(=O)n1NCc1nnc(NCC2C(=O)NC(=S)NC2=O)s1. The van der Waals surface area contributed by atoms with E-state index in [4.69, 9.17) is 12.2 Å². The van der Waals surface area contributed by atoms with Gasteiger partial charge >= 0.3 is 0 Å². The molecule has 14 heteroatoms. The fraction of sp³-hybridized carbons (Fsp3) is 0.235. The molecular weight excluding hydrogens is 508 g/mol. The molecule has 3 aromatic rings. The standard InChI is InChI=1S/C17H15BrN8O3S2/c1-7-21-11-3-2-8(18)4-9(11)15(29)26(7)20-6-12-24-25-17(31-12)19-5-10-13(27)22-16(30)23-14(10)28/h2-4,10,20H,5-6H2,1H3,(H,19,25)(H2,22,23,27,28,30). The van der Waals surface area contributed by atoms with E-state index in [1.54, 1.807) is 19.1 Å². The third-order valence-electron chi connectivity index (χ3n) is 4.42. The zero-order chi connectivity index (χ0) is 22.1. The lowest BCUT2D eigenvalue weighted by molar-refractivity contribution is -0.134. The number of amides is 2. The van der Waals surface area contributed by atoms with Gasteiger partial charge in [0.1, 0.15) is 16.7 Å². The number of aryl methyl sites for hydroxylation is 1. The van der Waals surface area contributed by atoms with Crippen molar-refractivity contribution in [3.63, 3.8) is 0 Å². The molecule has 3 heterocycles. The van der Waals surface area contributed by atoms with Crippen LogP contribution in [-0.4, -0.2) is 43.3 Å². The zero-order valence-electron chi connectivity index (χ0n) is 15.9. The maximum atomic E-state index is 12.8. The van der Waals surface area contributed by atoms with Crippen LogP contribution in [0.5, 0.6) is 0 Å². The summed E-state index contributed by atoms with van der Waals surface area (Å²) in [6.07, 6.45) is 0. The number of fused-ring (bicyclic) bond motifs is 1. The molecule has 0 aliphatic carbocycles. The van der Waals surface area contributed by atoms with Crippen LogP contribution in [0, 0.1) is 12.8 Å². The number of nitrogens with zero attached hydrogens (tertiary/aromatic N) is 4. The smallest absolute Gasteiger partial charge is 0.279 e. The fourth-order valence-electron chi connectivity index (χ4n) is 2.92. The van der Waals surface area contributed by atoms with Gasteiger partial charge in [-0.3, -0.25) is 14.4 Å². The van der Waals surface area contributed by atoms with E-state index in [0.717, 1.165) is 4.47 Å². The van der Waals surface area contributed by atoms with Crippen molar-refractivity contribution < 1.29 is 9.59 Å². The van der Waals surface area contributed by atoms with E-state index in [0.29, 0.717) is 26.9 Å². The Kier molecular flexibility index (Phi) is 5.93. The highest BCUT2D eigenvalue weighted by Gasteiger charge is 2.32. The fourth-order valence-corrected chi connectivity index (χ4v) is 4.16. The lowest BCUT2D eigenvalue weighted by atomic mass is 10.1. The van der Waals surface area contributed by atoms with Gasteiger partial charge in [0.15, 0.2) is 5.11 Å². The second kappa shape index (κ2) is 8.64. The number of carbonyl (C=O) groups is 2. The highest BCUT2D eigenvalue weighted by atomic mass is 79.9. The summed E-state index contributed by atoms with van der Waals surface area (Å²) in [5, 5.41) is 17.3. The number of nitrogens with one attached hydrogen (secondary N) is 4. The van der Waals surface area contributed by atoms with Gasteiger partial charge in [0.2, 0.25) is 16.9 Å². The van der Waals surface area contributed by atoms with E-state index in [-0.39, 0.29) is 23.8 Å². The second-order valence-corrected chi connectivity index (χ2v) is 8.92. The molecule has 0 unspecified atom stereocenters. The number of halogens is 1. The van der Waals surface area contributed by atoms with Crippen LogP contribution in [0.1, 0.15) is 10.8 Å². The lowest BCUT2D eigenvalue weighted by Crippen LogP contribution is -2.57. The van der Waals surface area contributed by atoms with Crippen molar-refractivity contribution in [2.45, 2.75) is 13.5 Å². The Morgan fingerprint density at radius 1 is 1.23 bits per heavy atom. The summed E-state index contributed by atoms with van der Waals surface area (Å²) < 4.78 is 2.15. The third kappa shape index (κ3) is 4.55. The largest absolute Gasteiger partial charge is 0.359 e. The van der Waals surface area contributed by atoms with Crippen LogP contribution in [0.25, 0.3) is 10.9 Å². The molecule has 0 radical (unpaired) electrons. The summed E-state index contributed by atoms with van der Waals surface area (Å²) in [7, 11) is 0. The van der Waals surface area contributed by atoms with Crippen molar-refractivity contribution in [1.82, 2.24) is 30.5 Å². The van der Waals surface area contributed by atoms with E-state index >= 15 is 0 Å². The topological polar surface area (TPSA) is 143 Å². The van der Waals surface area contributed by atoms with Crippen LogP contribution in [-0.2, 0) is 16.1 Å². The van der Waals surface area contributed by atoms with Gasteiger partial charge in [-0.1, -0.05) is 27.3 Å². The molecule has 11 nitrogen and oxygen atoms in total. The summed E-state index contributed by atoms with van der Waals surface area (Å²) in [4.78, 5) is 41.0. The van der Waals surface area contributed by atoms with Crippen LogP contribution < -0.4 is 26.9 Å². The first-order chi connectivity index (χ1) is 14.8. The first kappa shape index (κ1) is 21.3. The molecule has 31 heavy (non-hydrogen) atoms. The Labute approximate surface area is 192 Å². The van der Waals surface area contributed by atoms with Crippen molar-refractivity contribution in [2.24, 2.45) is 5.92 Å². The van der Waals surface area contributed by atoms with Crippen molar-refractivity contribution in [3.8, 4) is 0 Å². The number of rotatable bonds is 6. The highest BCUT2D eigenvalue weighted by Crippen LogP contribution is 2.17. The van der Waals surface area contributed by atoms with Crippen LogP contribution >= 0.6 is 39.5 Å². The van der Waals surface area contributed by atoms with Gasteiger partial charge < -0.3 is 21.4 Å². The molecule has 1 aliphatic rings. The minimum Gasteiger partial charge on any atom is -0.359 e. The van der Waals surface area contributed by atoms with Crippen LogP contribution in [0.4, 0.5) is 5.13 Å². The van der Waals surface area contributed by atoms with Crippen LogP contribution in [0.2, 0.25) is 0 Å². The van der Waals surface area contributed by atoms with E-state index in [9.17, 15) is 14.4 Å². The van der Waals surface area contributed by atoms with E-state index in [1.165, 1.54) is 16.0 Å². The van der Waals surface area contributed by atoms with E-state index in [1.807, 2.05) is 6.07 Å². The van der Waals surface area contributed by atoms with Gasteiger partial charge in [-0.25, -0.2) is 9.66 Å². The molecule has 0 atom stereocenters. The summed E-state index contributed by atoms with van der Waals surface area (Å²) in [6, 6.07) is 5.33. The molecule has 1 aromatic carbocycles. The Morgan fingerprint density at radius 2 is 1.97 bits per heavy atom. The van der Waals surface area contributed by atoms with Crippen LogP contribution in [0.15, 0.2) is 27.5 Å². The number of carbonyl (C=O) groups excluding carboxylic acids is 2. The first-order valence-corrected chi connectivity index (χ1v) is 11.0. The van der Waals surface area contributed by atoms with Crippen molar-refractivity contribution in [1.29, 1.82) is 0 Å². The van der Waals surface area contributed by atoms with Crippen molar-refractivity contribution in [2.75, 3.05) is 17.3 Å². The minimum absolute atomic E-state index is 0.00315. The molecule has 0 spiro atoms. The average Bonchev–Trinajstić information content (AvgIpc) is 3.15. The minimum atomic E-state index is -0.929. The number of hydrogen-bond acceptors (Lipinski definition) is 10. The van der Waals surface area contributed by atoms with Crippen molar-refractivity contribution in [3.05, 3.63) is 43.9 Å². The monoisotopic (exact) mass is 522 g/mol. The van der Waals surface area contributed by atoms with E-state index in [2.05, 4.69) is 52.5 Å². The number of aromatic nitrogens is 4. The normalized spacial score (nSPS) is 14.5. The molecule has 4 rings (SSSR count). The predicted octanol–water partition coefficient (Wildman–Crippen LogP) is 0.622. The summed E-state index contributed by atoms with van der Waals surface area (Å²) in [5.41, 5.74) is 3.40. The van der Waals surface area contributed by atoms with Crippen molar-refractivity contribution >= 4 is 72.4 Å². The number of anilines is 1. The molecule has 0 saturated carbocycles. The number of thiocarbonyl (C=S) groups is 1. The Hall–Kier alpha value is -2.97. The molecule has 2 aromatic heterocycles. The van der Waals surface area contributed by atoms with Gasteiger partial charge in [-0.2, -0.15) is 0 Å². The quantitative estimate of drug-likeness (QED) is 0.270. The molecule has 2 amide bonds. The Morgan fingerprint density at radius 3 is 2.71 bits per heavy atom. The molecule has 1 aliphatic heterocycles. The van der Waals surface area contributed by atoms with Gasteiger partial charge in [0.05, 0.1) is 17.4 Å². The second-order valence-electron chi connectivity index (χ2n) is 6.54. The molecule has 4 N–H and O–H groups in total. The van der Waals surface area contributed by atoms with Gasteiger partial charge in [-0.15, -0.1) is 10.2 Å². The Bertz CT molecular complexity index is 1250. The number of benzene rings is 1. The molecule has 1 saturated heterocycles. The average molecular weight is 523 g/mol. The molecule has 0 bridgehead atoms. The summed E-state index contributed by atoms with van der Waals surface area (Å²) >= 11 is 9.37. The lowest BCUT2D eigenvalue weighted by Gasteiger charge is -2.22. The molecule has 160 valence electrons. The predicted molar refractivity (Wildman–Crippen MR) is 122 cm³/mol. The Balaban J connectivity index is 1.42. The third-order valence-corrected chi connectivity index (χ3v) is 6.00. The summed E-state index contributed by atoms with van der Waals surface area (Å²) in [5.74, 6) is -1.37. The maximum absolute atomic E-state index is 12.8. The number of hydrogen-bond donors (Lipinski definition) is 4. The summed E-state index contributed by atoms with van der Waals surface area (Å²) in [6.45, 7) is 2.01. The van der Waals surface area contributed by atoms with E-state index < -0.39 is 17.7 Å². The van der Waals surface area contributed by atoms with Crippen LogP contribution in [0.3, 0.4) is 0 Å². The zero-order valence-corrected chi connectivity index (χ0v) is 19.2. The molecular formula is C17H15BrN8O3S2.